The summed E-state index contributed by atoms with van der Waals surface area (Å²) in [5.41, 5.74) is 21.6. The van der Waals surface area contributed by atoms with Gasteiger partial charge in [0.25, 0.3) is 0 Å². The number of aliphatic carboxylic acids is 3. The van der Waals surface area contributed by atoms with Crippen molar-refractivity contribution < 1.29 is 63.3 Å². The molecule has 0 saturated carbocycles. The fourth-order valence-electron chi connectivity index (χ4n) is 6.04. The summed E-state index contributed by atoms with van der Waals surface area (Å²) >= 11 is 0. The van der Waals surface area contributed by atoms with Gasteiger partial charge >= 0.3 is 17.9 Å². The second-order valence-electron chi connectivity index (χ2n) is 14.3. The molecule has 0 aromatic rings. The van der Waals surface area contributed by atoms with Gasteiger partial charge in [0.1, 0.15) is 36.3 Å². The largest absolute Gasteiger partial charge is 0.481 e. The number of nitrogens with one attached hydrogen (secondary N) is 6. The van der Waals surface area contributed by atoms with Crippen LogP contribution in [0, 0.1) is 5.92 Å². The summed E-state index contributed by atoms with van der Waals surface area (Å²) in [6.07, 6.45) is -0.291. The van der Waals surface area contributed by atoms with Gasteiger partial charge < -0.3 is 75.1 Å². The molecule has 60 heavy (non-hydrogen) atoms. The fraction of sp³-hybridized carbons (Fsp3) is 0.686. The van der Waals surface area contributed by atoms with E-state index in [9.17, 15) is 58.2 Å². The van der Waals surface area contributed by atoms with Crippen molar-refractivity contribution in [3.63, 3.8) is 0 Å². The monoisotopic (exact) mass is 856 g/mol. The van der Waals surface area contributed by atoms with Crippen molar-refractivity contribution in [2.24, 2.45) is 33.8 Å². The number of nitrogens with two attached hydrogens (primary N) is 4. The van der Waals surface area contributed by atoms with Crippen molar-refractivity contribution in [3.8, 4) is 0 Å². The van der Waals surface area contributed by atoms with E-state index < -0.39 is 134 Å². The van der Waals surface area contributed by atoms with Gasteiger partial charge in [0.05, 0.1) is 19.5 Å². The fourth-order valence-corrected chi connectivity index (χ4v) is 6.04. The summed E-state index contributed by atoms with van der Waals surface area (Å²) in [5.74, 6) is -10.7. The number of nitrogens with zero attached hydrogens (tertiary/aromatic N) is 2. The van der Waals surface area contributed by atoms with Crippen LogP contribution < -0.4 is 54.8 Å². The molecule has 7 amide bonds. The van der Waals surface area contributed by atoms with Crippen LogP contribution in [0.2, 0.25) is 0 Å². The number of hydrogen-bond donors (Lipinski definition) is 13. The minimum Gasteiger partial charge on any atom is -0.481 e. The van der Waals surface area contributed by atoms with E-state index in [1.54, 1.807) is 13.8 Å². The standard InChI is InChI=1S/C35H60N12O13/c1-18(2)28(46-31(56)23-9-6-14-47(23)33(58)22(15-27(52)53)43-24(48)16-37)32(57)44-19(7-3-4-12-36)29(54)41-17-25(49)42-20(8-5-13-40-35(38)39)30(55)45-21(34(59)60)10-11-26(50)51/h18-23,28H,3-17,36-37H2,1-2H3,(H,41,54)(H,42,49)(H,43,48)(H,44,57)(H,45,55)(H,46,56)(H,50,51)(H,52,53)(H,59,60)(H4,38,39,40)/t19-,20-,21-,22-,23-,28-/m0/s1. The van der Waals surface area contributed by atoms with Crippen LogP contribution in [0.15, 0.2) is 4.99 Å². The number of carboxylic acid groups (broad SMARTS) is 3. The number of carbonyl (C=O) groups is 10. The Bertz CT molecular complexity index is 1570. The van der Waals surface area contributed by atoms with E-state index in [0.29, 0.717) is 19.3 Å². The van der Waals surface area contributed by atoms with Crippen LogP contribution >= 0.6 is 0 Å². The maximum absolute atomic E-state index is 13.7. The number of aliphatic imine (C=N–C) groups is 1. The molecule has 17 N–H and O–H groups in total. The molecule has 1 aliphatic rings. The van der Waals surface area contributed by atoms with Crippen molar-refractivity contribution in [2.45, 2.75) is 114 Å². The molecule has 0 spiro atoms. The molecule has 1 heterocycles. The third-order valence-corrected chi connectivity index (χ3v) is 9.14. The molecule has 0 aromatic heterocycles. The highest BCUT2D eigenvalue weighted by atomic mass is 16.4. The number of carboxylic acids is 3. The Morgan fingerprint density at radius 3 is 1.90 bits per heavy atom. The van der Waals surface area contributed by atoms with E-state index in [2.05, 4.69) is 36.9 Å². The predicted molar refractivity (Wildman–Crippen MR) is 211 cm³/mol. The summed E-state index contributed by atoms with van der Waals surface area (Å²) in [5, 5.41) is 42.2. The Kier molecular flexibility index (Phi) is 23.2. The first-order valence-corrected chi connectivity index (χ1v) is 19.4. The third-order valence-electron chi connectivity index (χ3n) is 9.14. The molecular weight excluding hydrogens is 796 g/mol. The minimum atomic E-state index is -1.59. The van der Waals surface area contributed by atoms with E-state index in [4.69, 9.17) is 28.0 Å². The van der Waals surface area contributed by atoms with E-state index in [0.717, 1.165) is 4.90 Å². The van der Waals surface area contributed by atoms with Gasteiger partial charge in [0, 0.05) is 19.5 Å². The second kappa shape index (κ2) is 26.8. The minimum absolute atomic E-state index is 0.0429. The second-order valence-corrected chi connectivity index (χ2v) is 14.3. The highest BCUT2D eigenvalue weighted by Gasteiger charge is 2.40. The molecule has 0 unspecified atom stereocenters. The Morgan fingerprint density at radius 1 is 0.717 bits per heavy atom. The first kappa shape index (κ1) is 51.9. The lowest BCUT2D eigenvalue weighted by molar-refractivity contribution is -0.146. The molecule has 0 aliphatic carbocycles. The zero-order chi connectivity index (χ0) is 45.5. The average molecular weight is 857 g/mol. The van der Waals surface area contributed by atoms with Crippen LogP contribution in [-0.4, -0.2) is 154 Å². The lowest BCUT2D eigenvalue weighted by atomic mass is 10.0. The van der Waals surface area contributed by atoms with Crippen molar-refractivity contribution in [3.05, 3.63) is 0 Å². The summed E-state index contributed by atoms with van der Waals surface area (Å²) in [7, 11) is 0. The van der Waals surface area contributed by atoms with Gasteiger partial charge in [-0.15, -0.1) is 0 Å². The topological polar surface area (TPSA) is 423 Å². The number of unbranched alkanes of at least 4 members (excludes halogenated alkanes) is 1. The quantitative estimate of drug-likeness (QED) is 0.0199. The van der Waals surface area contributed by atoms with E-state index in [-0.39, 0.29) is 51.3 Å². The van der Waals surface area contributed by atoms with Crippen LogP contribution in [0.1, 0.15) is 78.1 Å². The van der Waals surface area contributed by atoms with Crippen LogP contribution in [0.3, 0.4) is 0 Å². The van der Waals surface area contributed by atoms with Gasteiger partial charge in [-0.05, 0) is 63.8 Å². The van der Waals surface area contributed by atoms with Crippen LogP contribution in [0.4, 0.5) is 0 Å². The number of rotatable bonds is 28. The Hall–Kier alpha value is -6.11. The summed E-state index contributed by atoms with van der Waals surface area (Å²) in [6.45, 7) is 2.41. The number of carbonyl (C=O) groups excluding carboxylic acids is 7. The van der Waals surface area contributed by atoms with E-state index in [1.165, 1.54) is 0 Å². The Morgan fingerprint density at radius 2 is 1.33 bits per heavy atom. The third kappa shape index (κ3) is 19.1. The van der Waals surface area contributed by atoms with Crippen molar-refractivity contribution in [1.29, 1.82) is 0 Å². The van der Waals surface area contributed by atoms with Gasteiger partial charge in [-0.25, -0.2) is 4.79 Å². The van der Waals surface area contributed by atoms with Crippen molar-refractivity contribution >= 4 is 65.2 Å². The zero-order valence-corrected chi connectivity index (χ0v) is 33.8. The molecule has 1 aliphatic heterocycles. The SMILES string of the molecule is CC(C)[C@H](NC(=O)[C@@H]1CCCN1C(=O)[C@H](CC(=O)O)NC(=O)CN)C(=O)N[C@@H](CCCCN)C(=O)NCC(=O)N[C@@H](CCCN=C(N)N)C(=O)N[C@@H](CCC(=O)O)C(=O)O. The molecule has 0 bridgehead atoms. The lowest BCUT2D eigenvalue weighted by Crippen LogP contribution is -2.59. The van der Waals surface area contributed by atoms with E-state index >= 15 is 0 Å². The molecule has 0 radical (unpaired) electrons. The summed E-state index contributed by atoms with van der Waals surface area (Å²) < 4.78 is 0. The molecule has 1 rings (SSSR count). The maximum atomic E-state index is 13.7. The lowest BCUT2D eigenvalue weighted by Gasteiger charge is -2.30. The molecule has 338 valence electrons. The van der Waals surface area contributed by atoms with Crippen LogP contribution in [-0.2, 0) is 47.9 Å². The maximum Gasteiger partial charge on any atom is 0.326 e. The van der Waals surface area contributed by atoms with Gasteiger partial charge in [-0.2, -0.15) is 0 Å². The van der Waals surface area contributed by atoms with Gasteiger partial charge in [0.2, 0.25) is 41.4 Å². The molecule has 1 fully saturated rings. The Balaban J connectivity index is 3.12. The first-order valence-electron chi connectivity index (χ1n) is 19.4. The predicted octanol–water partition coefficient (Wildman–Crippen LogP) is -5.26. The van der Waals surface area contributed by atoms with Crippen molar-refractivity contribution in [1.82, 2.24) is 36.8 Å². The molecule has 1 saturated heterocycles. The van der Waals surface area contributed by atoms with Gasteiger partial charge in [0.15, 0.2) is 5.96 Å². The molecule has 6 atom stereocenters. The number of guanidine groups is 1. The molecule has 25 heteroatoms. The molecular formula is C35H60N12O13. The number of amides is 7. The summed E-state index contributed by atoms with van der Waals surface area (Å²) in [4.78, 5) is 131. The molecule has 25 nitrogen and oxygen atoms in total. The molecule has 0 aromatic carbocycles. The highest BCUT2D eigenvalue weighted by molar-refractivity contribution is 5.97. The normalized spacial score (nSPS) is 15.9. The van der Waals surface area contributed by atoms with Crippen LogP contribution in [0.5, 0.6) is 0 Å². The van der Waals surface area contributed by atoms with Crippen molar-refractivity contribution in [2.75, 3.05) is 32.7 Å². The van der Waals surface area contributed by atoms with Gasteiger partial charge in [-0.1, -0.05) is 13.8 Å². The zero-order valence-electron chi connectivity index (χ0n) is 33.8. The highest BCUT2D eigenvalue weighted by Crippen LogP contribution is 2.20. The smallest absolute Gasteiger partial charge is 0.326 e. The summed E-state index contributed by atoms with van der Waals surface area (Å²) in [6, 6.07) is -8.04. The first-order chi connectivity index (χ1) is 28.2. The average Bonchev–Trinajstić information content (AvgIpc) is 3.67. The van der Waals surface area contributed by atoms with E-state index in [1.807, 2.05) is 0 Å². The van der Waals surface area contributed by atoms with Gasteiger partial charge in [-0.3, -0.25) is 48.1 Å². The number of likely N-dealkylation sites (tertiary alicyclic amines) is 1. The Labute approximate surface area is 345 Å². The van der Waals surface area contributed by atoms with Crippen LogP contribution in [0.25, 0.3) is 0 Å². The number of hydrogen-bond acceptors (Lipinski definition) is 13.